The Kier molecular flexibility index (Phi) is 8.30. The molecule has 0 atom stereocenters. The van der Waals surface area contributed by atoms with Crippen LogP contribution in [-0.4, -0.2) is 0 Å². The summed E-state index contributed by atoms with van der Waals surface area (Å²) in [4.78, 5) is 3.92. The maximum atomic E-state index is 14.5. The maximum absolute atomic E-state index is 14.5. The van der Waals surface area contributed by atoms with Crippen LogP contribution in [0, 0.1) is 0 Å². The van der Waals surface area contributed by atoms with Gasteiger partial charge in [0.25, 0.3) is 0 Å². The van der Waals surface area contributed by atoms with E-state index in [2.05, 4.69) is 0 Å². The van der Waals surface area contributed by atoms with E-state index < -0.39 is 23.5 Å². The third-order valence-electron chi connectivity index (χ3n) is 10.0. The monoisotopic (exact) mass is 756 g/mol. The van der Waals surface area contributed by atoms with E-state index in [0.717, 1.165) is 24.3 Å². The molecule has 0 saturated carbocycles. The van der Waals surface area contributed by atoms with E-state index in [4.69, 9.17) is 9.47 Å². The molecule has 56 heavy (non-hydrogen) atoms. The molecule has 0 aromatic heterocycles. The summed E-state index contributed by atoms with van der Waals surface area (Å²) in [6.07, 6.45) is -9.09. The van der Waals surface area contributed by atoms with Crippen LogP contribution in [0.25, 0.3) is 22.3 Å². The first-order valence-electron chi connectivity index (χ1n) is 17.9. The molecule has 9 rings (SSSR count). The molecule has 278 valence electrons. The fourth-order valence-electron chi connectivity index (χ4n) is 7.69. The molecule has 2 aliphatic heterocycles. The Morgan fingerprint density at radius 3 is 1.07 bits per heavy atom. The van der Waals surface area contributed by atoms with Gasteiger partial charge in [0.05, 0.1) is 45.3 Å². The molecule has 10 heteroatoms. The summed E-state index contributed by atoms with van der Waals surface area (Å²) in [7, 11) is 0. The van der Waals surface area contributed by atoms with Gasteiger partial charge in [-0.1, -0.05) is 79.7 Å². The Bertz CT molecular complexity index is 2380. The Labute approximate surface area is 318 Å². The first-order valence-corrected chi connectivity index (χ1v) is 17.9. The molecule has 0 spiro atoms. The zero-order valence-electron chi connectivity index (χ0n) is 29.6. The highest BCUT2D eigenvalue weighted by Gasteiger charge is 2.37. The van der Waals surface area contributed by atoms with Gasteiger partial charge in [0.15, 0.2) is 23.0 Å². The van der Waals surface area contributed by atoms with Crippen molar-refractivity contribution < 1.29 is 35.8 Å². The van der Waals surface area contributed by atoms with E-state index in [-0.39, 0.29) is 17.5 Å². The number of hydrogen-bond donors (Lipinski definition) is 0. The molecule has 2 heterocycles. The van der Waals surface area contributed by atoms with Crippen molar-refractivity contribution in [2.45, 2.75) is 25.7 Å². The Morgan fingerprint density at radius 2 is 0.750 bits per heavy atom. The van der Waals surface area contributed by atoms with Crippen molar-refractivity contribution in [3.8, 4) is 45.3 Å². The fourth-order valence-corrected chi connectivity index (χ4v) is 7.69. The third-order valence-corrected chi connectivity index (χ3v) is 10.0. The second kappa shape index (κ2) is 13.3. The van der Waals surface area contributed by atoms with Crippen LogP contribution in [0.4, 0.5) is 60.5 Å². The summed E-state index contributed by atoms with van der Waals surface area (Å²) < 4.78 is 99.4. The molecule has 0 N–H and O–H groups in total. The molecular formula is C46H30F6N2O2. The van der Waals surface area contributed by atoms with Gasteiger partial charge in [-0.2, -0.15) is 26.3 Å². The Morgan fingerprint density at radius 1 is 0.411 bits per heavy atom. The molecule has 0 unspecified atom stereocenters. The number of anilines is 6. The highest BCUT2D eigenvalue weighted by Crippen LogP contribution is 2.59. The zero-order valence-corrected chi connectivity index (χ0v) is 29.6. The zero-order chi connectivity index (χ0) is 38.8. The van der Waals surface area contributed by atoms with Crippen molar-refractivity contribution in [1.29, 1.82) is 0 Å². The van der Waals surface area contributed by atoms with Gasteiger partial charge >= 0.3 is 12.4 Å². The van der Waals surface area contributed by atoms with E-state index >= 15 is 0 Å². The van der Waals surface area contributed by atoms with Crippen molar-refractivity contribution >= 4 is 34.1 Å². The van der Waals surface area contributed by atoms with Crippen molar-refractivity contribution in [2.75, 3.05) is 9.80 Å². The summed E-state index contributed by atoms with van der Waals surface area (Å²) in [5, 5.41) is 0. The van der Waals surface area contributed by atoms with Gasteiger partial charge in [-0.15, -0.1) is 0 Å². The van der Waals surface area contributed by atoms with Crippen molar-refractivity contribution in [3.05, 3.63) is 168 Å². The molecular weight excluding hydrogens is 727 g/mol. The van der Waals surface area contributed by atoms with Crippen molar-refractivity contribution in [2.24, 2.45) is 0 Å². The summed E-state index contributed by atoms with van der Waals surface area (Å²) in [5.74, 6) is 2.07. The van der Waals surface area contributed by atoms with Crippen LogP contribution < -0.4 is 19.3 Å². The fraction of sp³-hybridized carbons (Fsp3) is 0.0870. The summed E-state index contributed by atoms with van der Waals surface area (Å²) in [6, 6.07) is 41.5. The molecule has 2 aliphatic rings. The Hall–Kier alpha value is -6.68. The second-order valence-corrected chi connectivity index (χ2v) is 13.4. The molecule has 0 amide bonds. The lowest BCUT2D eigenvalue weighted by Gasteiger charge is -2.38. The van der Waals surface area contributed by atoms with Gasteiger partial charge in [0.1, 0.15) is 0 Å². The predicted octanol–water partition coefficient (Wildman–Crippen LogP) is 14.8. The number of alkyl halides is 6. The molecule has 7 aromatic carbocycles. The molecule has 0 saturated heterocycles. The van der Waals surface area contributed by atoms with Gasteiger partial charge in [0, 0.05) is 11.1 Å². The topological polar surface area (TPSA) is 24.9 Å². The molecule has 4 nitrogen and oxygen atoms in total. The number of ether oxygens (including phenoxy) is 2. The average Bonchev–Trinajstić information content (AvgIpc) is 3.20. The lowest BCUT2D eigenvalue weighted by Crippen LogP contribution is -2.21. The minimum Gasteiger partial charge on any atom is -0.453 e. The smallest absolute Gasteiger partial charge is 0.416 e. The molecule has 0 bridgehead atoms. The van der Waals surface area contributed by atoms with Gasteiger partial charge in [-0.25, -0.2) is 0 Å². The van der Waals surface area contributed by atoms with Crippen molar-refractivity contribution in [1.82, 2.24) is 0 Å². The number of para-hydroxylation sites is 8. The van der Waals surface area contributed by atoms with Gasteiger partial charge in [-0.3, -0.25) is 0 Å². The van der Waals surface area contributed by atoms with Crippen LogP contribution in [-0.2, 0) is 18.8 Å². The van der Waals surface area contributed by atoms with E-state index in [0.29, 0.717) is 73.8 Å². The minimum atomic E-state index is -4.66. The van der Waals surface area contributed by atoms with Gasteiger partial charge < -0.3 is 19.3 Å². The summed E-state index contributed by atoms with van der Waals surface area (Å²) in [6.45, 7) is 1.86. The van der Waals surface area contributed by atoms with E-state index in [1.807, 2.05) is 120 Å². The quantitative estimate of drug-likeness (QED) is 0.163. The number of fused-ring (bicyclic) bond motifs is 4. The molecule has 0 fully saturated rings. The summed E-state index contributed by atoms with van der Waals surface area (Å²) >= 11 is 0. The van der Waals surface area contributed by atoms with Gasteiger partial charge in [0.2, 0.25) is 0 Å². The molecule has 0 aliphatic carbocycles. The number of halogens is 6. The Balaban J connectivity index is 1.47. The molecule has 7 aromatic rings. The van der Waals surface area contributed by atoms with Crippen molar-refractivity contribution in [3.63, 3.8) is 0 Å². The minimum absolute atomic E-state index is 0.235. The van der Waals surface area contributed by atoms with Crippen LogP contribution in [0.5, 0.6) is 23.0 Å². The van der Waals surface area contributed by atoms with Crippen LogP contribution >= 0.6 is 0 Å². The normalized spacial score (nSPS) is 13.2. The maximum Gasteiger partial charge on any atom is 0.416 e. The lowest BCUT2D eigenvalue weighted by molar-refractivity contribution is -0.138. The first kappa shape index (κ1) is 35.0. The number of hydrogen-bond acceptors (Lipinski definition) is 4. The number of nitrogens with zero attached hydrogens (tertiary/aromatic N) is 2. The first-order chi connectivity index (χ1) is 27.0. The van der Waals surface area contributed by atoms with E-state index in [1.54, 1.807) is 12.1 Å². The highest BCUT2D eigenvalue weighted by atomic mass is 19.4. The number of rotatable bonds is 5. The standard InChI is InChI=1S/C46H30F6N2O2/c1-2-32-43(28-13-11-15-30(25-28)45(47,48)49)37(53-33-17-3-7-21-39(33)55-40-22-8-4-18-34(40)53)27-38(44(32)29-14-12-16-31(26-29)46(50,51)52)54-35-19-5-9-23-41(35)56-42-24-10-6-20-36(42)54/h3-27H,2H2,1H3. The SMILES string of the molecule is CCc1c(-c2cccc(C(F)(F)F)c2)c(N2c3ccccc3Oc3ccccc32)cc(N2c3ccccc3Oc3ccccc32)c1-c1cccc(C(F)(F)F)c1. The average molecular weight is 757 g/mol. The van der Waals surface area contributed by atoms with Crippen LogP contribution in [0.1, 0.15) is 23.6 Å². The lowest BCUT2D eigenvalue weighted by atomic mass is 9.85. The highest BCUT2D eigenvalue weighted by molar-refractivity contribution is 6.04. The summed E-state index contributed by atoms with van der Waals surface area (Å²) in [5.41, 5.74) is 3.68. The van der Waals surface area contributed by atoms with E-state index in [9.17, 15) is 26.3 Å². The van der Waals surface area contributed by atoms with Gasteiger partial charge in [-0.05, 0) is 102 Å². The van der Waals surface area contributed by atoms with E-state index in [1.165, 1.54) is 12.1 Å². The van der Waals surface area contributed by atoms with Crippen LogP contribution in [0.2, 0.25) is 0 Å². The third kappa shape index (κ3) is 5.89. The largest absolute Gasteiger partial charge is 0.453 e. The molecule has 0 radical (unpaired) electrons. The predicted molar refractivity (Wildman–Crippen MR) is 206 cm³/mol. The number of benzene rings is 7. The van der Waals surface area contributed by atoms with Crippen LogP contribution in [0.3, 0.4) is 0 Å². The second-order valence-electron chi connectivity index (χ2n) is 13.4. The van der Waals surface area contributed by atoms with Crippen LogP contribution in [0.15, 0.2) is 152 Å².